The average Bonchev–Trinajstić information content (AvgIpc) is 2.90. The molecular weight excluding hydrogens is 544 g/mol. The van der Waals surface area contributed by atoms with Crippen molar-refractivity contribution in [2.24, 2.45) is 5.92 Å². The summed E-state index contributed by atoms with van der Waals surface area (Å²) in [7, 11) is 3.39. The van der Waals surface area contributed by atoms with Crippen LogP contribution in [0.4, 0.5) is 23.2 Å². The summed E-state index contributed by atoms with van der Waals surface area (Å²) in [6.45, 7) is -0.504. The van der Waals surface area contributed by atoms with E-state index >= 15 is 0 Å². The molecule has 12 heteroatoms. The van der Waals surface area contributed by atoms with Gasteiger partial charge in [-0.15, -0.1) is 0 Å². The first-order valence-electron chi connectivity index (χ1n) is 13.0. The number of aldehydes is 2. The van der Waals surface area contributed by atoms with E-state index in [1.165, 1.54) is 41.1 Å². The van der Waals surface area contributed by atoms with Crippen molar-refractivity contribution in [3.8, 4) is 6.07 Å². The van der Waals surface area contributed by atoms with Crippen molar-refractivity contribution >= 4 is 24.2 Å². The van der Waals surface area contributed by atoms with E-state index in [2.05, 4.69) is 5.32 Å². The van der Waals surface area contributed by atoms with E-state index in [0.717, 1.165) is 31.0 Å². The molecule has 0 saturated heterocycles. The molecule has 8 nitrogen and oxygen atoms in total. The summed E-state index contributed by atoms with van der Waals surface area (Å²) in [5.41, 5.74) is -1.60. The number of amides is 1. The Balaban J connectivity index is 0.000000575. The smallest absolute Gasteiger partial charge is 0.393 e. The van der Waals surface area contributed by atoms with Crippen molar-refractivity contribution in [1.29, 1.82) is 5.26 Å². The topological polar surface area (TPSA) is 114 Å². The lowest BCUT2D eigenvalue weighted by atomic mass is 9.68. The second-order valence-corrected chi connectivity index (χ2v) is 10.4. The van der Waals surface area contributed by atoms with E-state index in [0.29, 0.717) is 24.2 Å². The molecule has 0 bridgehead atoms. The van der Waals surface area contributed by atoms with Crippen LogP contribution in [0, 0.1) is 23.1 Å². The molecule has 41 heavy (non-hydrogen) atoms. The Bertz CT molecular complexity index is 1270. The van der Waals surface area contributed by atoms with Crippen LogP contribution in [0.1, 0.15) is 42.4 Å². The third kappa shape index (κ3) is 7.68. The van der Waals surface area contributed by atoms with Gasteiger partial charge in [0, 0.05) is 25.6 Å². The first-order chi connectivity index (χ1) is 19.3. The van der Waals surface area contributed by atoms with E-state index in [-0.39, 0.29) is 43.3 Å². The normalized spacial score (nSPS) is 23.0. The summed E-state index contributed by atoms with van der Waals surface area (Å²) in [6, 6.07) is 10.4. The first-order valence-corrected chi connectivity index (χ1v) is 13.0. The number of hydrogen-bond acceptors (Lipinski definition) is 7. The predicted octanol–water partition coefficient (Wildman–Crippen LogP) is 3.46. The van der Waals surface area contributed by atoms with Gasteiger partial charge in [0.1, 0.15) is 23.9 Å². The maximum atomic E-state index is 14.4. The number of carbonyl (C=O) groups excluding carboxylic acids is 3. The van der Waals surface area contributed by atoms with Crippen molar-refractivity contribution in [1.82, 2.24) is 10.2 Å². The van der Waals surface area contributed by atoms with Crippen LogP contribution in [0.25, 0.3) is 0 Å². The SMILES string of the molecule is CN(CC(=O)N(Cc1ccc(C(F)(F)F)cc1)C1(C=O)CC(C=O)C1)c1ccc(C#N)cc1F.CNC1CC(O)C1. The third-order valence-corrected chi connectivity index (χ3v) is 7.49. The van der Waals surface area contributed by atoms with Crippen LogP contribution in [0.2, 0.25) is 0 Å². The van der Waals surface area contributed by atoms with E-state index in [9.17, 15) is 31.9 Å². The number of carbonyl (C=O) groups is 3. The number of anilines is 1. The molecule has 2 aromatic rings. The van der Waals surface area contributed by atoms with Crippen LogP contribution in [0.15, 0.2) is 42.5 Å². The lowest BCUT2D eigenvalue weighted by Gasteiger charge is -2.49. The molecule has 0 atom stereocenters. The number of benzene rings is 2. The van der Waals surface area contributed by atoms with Gasteiger partial charge in [0.2, 0.25) is 5.91 Å². The molecule has 2 aliphatic rings. The van der Waals surface area contributed by atoms with E-state index < -0.39 is 34.9 Å². The zero-order chi connectivity index (χ0) is 30.4. The molecule has 2 aliphatic carbocycles. The summed E-state index contributed by atoms with van der Waals surface area (Å²) < 4.78 is 53.1. The Morgan fingerprint density at radius 2 is 1.80 bits per heavy atom. The van der Waals surface area contributed by atoms with Gasteiger partial charge in [0.25, 0.3) is 0 Å². The van der Waals surface area contributed by atoms with Crippen LogP contribution < -0.4 is 10.2 Å². The molecular formula is C29H32F4N4O4. The Hall–Kier alpha value is -3.82. The minimum atomic E-state index is -4.52. The van der Waals surface area contributed by atoms with Crippen LogP contribution >= 0.6 is 0 Å². The summed E-state index contributed by atoms with van der Waals surface area (Å²) in [5.74, 6) is -1.69. The Labute approximate surface area is 235 Å². The number of nitrogens with one attached hydrogen (secondary N) is 1. The van der Waals surface area contributed by atoms with Crippen LogP contribution in [-0.2, 0) is 27.1 Å². The Kier molecular flexibility index (Phi) is 10.2. The number of nitrogens with zero attached hydrogens (tertiary/aromatic N) is 3. The lowest BCUT2D eigenvalue weighted by Crippen LogP contribution is -2.62. The van der Waals surface area contributed by atoms with Gasteiger partial charge in [0.15, 0.2) is 0 Å². The maximum absolute atomic E-state index is 14.4. The van der Waals surface area contributed by atoms with Gasteiger partial charge >= 0.3 is 6.18 Å². The monoisotopic (exact) mass is 576 g/mol. The highest BCUT2D eigenvalue weighted by Gasteiger charge is 2.50. The molecule has 2 fully saturated rings. The minimum absolute atomic E-state index is 0.0163. The molecule has 0 heterocycles. The van der Waals surface area contributed by atoms with E-state index in [1.807, 2.05) is 13.1 Å². The number of rotatable bonds is 9. The largest absolute Gasteiger partial charge is 0.416 e. The molecule has 220 valence electrons. The molecule has 0 aromatic heterocycles. The standard InChI is InChI=1S/C24H21F4N3O3.C5H11NO/c1-30(21-7-4-17(11-29)8-20(21)25)13-22(34)31(23(15-33)9-18(10-23)14-32)12-16-2-5-19(6-3-16)24(26,27)28;1-6-4-2-5(7)3-4/h2-8,14-15,18H,9-10,12-13H2,1H3;4-7H,2-3H2,1H3. The predicted molar refractivity (Wildman–Crippen MR) is 142 cm³/mol. The molecule has 0 spiro atoms. The van der Waals surface area contributed by atoms with Crippen molar-refractivity contribution in [2.75, 3.05) is 25.5 Å². The lowest BCUT2D eigenvalue weighted by molar-refractivity contribution is -0.151. The second kappa shape index (κ2) is 13.2. The molecule has 0 radical (unpaired) electrons. The van der Waals surface area contributed by atoms with Gasteiger partial charge in [0.05, 0.1) is 35.5 Å². The molecule has 2 N–H and O–H groups in total. The fraction of sp³-hybridized carbons (Fsp3) is 0.448. The number of aliphatic hydroxyl groups excluding tert-OH is 1. The van der Waals surface area contributed by atoms with Crippen molar-refractivity contribution in [3.63, 3.8) is 0 Å². The summed E-state index contributed by atoms with van der Waals surface area (Å²) >= 11 is 0. The van der Waals surface area contributed by atoms with Gasteiger partial charge in [-0.25, -0.2) is 4.39 Å². The summed E-state index contributed by atoms with van der Waals surface area (Å²) in [4.78, 5) is 39.0. The van der Waals surface area contributed by atoms with Crippen molar-refractivity contribution < 1.29 is 37.1 Å². The number of likely N-dealkylation sites (N-methyl/N-ethyl adjacent to an activating group) is 1. The zero-order valence-corrected chi connectivity index (χ0v) is 22.7. The molecule has 0 aliphatic heterocycles. The summed E-state index contributed by atoms with van der Waals surface area (Å²) in [6.07, 6.45) is -1.18. The Morgan fingerprint density at radius 3 is 2.24 bits per heavy atom. The Morgan fingerprint density at radius 1 is 1.17 bits per heavy atom. The summed E-state index contributed by atoms with van der Waals surface area (Å²) in [5, 5.41) is 20.7. The zero-order valence-electron chi connectivity index (χ0n) is 22.7. The highest BCUT2D eigenvalue weighted by molar-refractivity contribution is 5.87. The minimum Gasteiger partial charge on any atom is -0.393 e. The third-order valence-electron chi connectivity index (χ3n) is 7.49. The number of aliphatic hydroxyl groups is 1. The first kappa shape index (κ1) is 31.7. The maximum Gasteiger partial charge on any atom is 0.416 e. The van der Waals surface area contributed by atoms with Crippen molar-refractivity contribution in [2.45, 2.75) is 56.1 Å². The molecule has 1 amide bonds. The number of hydrogen-bond donors (Lipinski definition) is 2. The second-order valence-electron chi connectivity index (χ2n) is 10.4. The molecule has 2 saturated carbocycles. The molecule has 4 rings (SSSR count). The van der Waals surface area contributed by atoms with Gasteiger partial charge < -0.3 is 29.8 Å². The average molecular weight is 577 g/mol. The number of alkyl halides is 3. The highest BCUT2D eigenvalue weighted by atomic mass is 19.4. The van der Waals surface area contributed by atoms with Gasteiger partial charge in [-0.2, -0.15) is 18.4 Å². The van der Waals surface area contributed by atoms with Crippen molar-refractivity contribution in [3.05, 3.63) is 65.0 Å². The number of halogens is 4. The molecule has 2 aromatic carbocycles. The van der Waals surface area contributed by atoms with Crippen LogP contribution in [0.5, 0.6) is 0 Å². The fourth-order valence-electron chi connectivity index (χ4n) is 4.88. The van der Waals surface area contributed by atoms with Gasteiger partial charge in [-0.05, 0) is 68.6 Å². The molecule has 0 unspecified atom stereocenters. The van der Waals surface area contributed by atoms with E-state index in [1.54, 1.807) is 0 Å². The van der Waals surface area contributed by atoms with Gasteiger partial charge in [-0.1, -0.05) is 12.1 Å². The fourth-order valence-corrected chi connectivity index (χ4v) is 4.88. The van der Waals surface area contributed by atoms with Crippen LogP contribution in [-0.4, -0.2) is 66.8 Å². The quantitative estimate of drug-likeness (QED) is 0.347. The van der Waals surface area contributed by atoms with Gasteiger partial charge in [-0.3, -0.25) is 4.79 Å². The van der Waals surface area contributed by atoms with Crippen LogP contribution in [0.3, 0.4) is 0 Å². The number of nitriles is 1. The van der Waals surface area contributed by atoms with E-state index in [4.69, 9.17) is 10.4 Å². The highest BCUT2D eigenvalue weighted by Crippen LogP contribution is 2.41.